The number of aromatic amines is 1. The molecule has 0 saturated heterocycles. The molecule has 0 radical (unpaired) electrons. The van der Waals surface area contributed by atoms with Crippen molar-refractivity contribution in [2.75, 3.05) is 11.5 Å². The van der Waals surface area contributed by atoms with Crippen LogP contribution >= 0.6 is 34.8 Å². The molecular weight excluding hydrogens is 325 g/mol. The number of carbonyl (C=O) groups is 1. The molecule has 1 aromatic heterocycles. The van der Waals surface area contributed by atoms with Gasteiger partial charge in [0.25, 0.3) is 0 Å². The lowest BCUT2D eigenvalue weighted by atomic mass is 10.3. The van der Waals surface area contributed by atoms with E-state index in [1.165, 1.54) is 11.1 Å². The lowest BCUT2D eigenvalue weighted by molar-refractivity contribution is 0.158. The molecule has 20 heavy (non-hydrogen) atoms. The lowest BCUT2D eigenvalue weighted by Gasteiger charge is -2.21. The molecule has 0 fully saturated rings. The quantitative estimate of drug-likeness (QED) is 0.861. The van der Waals surface area contributed by atoms with Crippen LogP contribution in [0.3, 0.4) is 0 Å². The number of amides is 1. The van der Waals surface area contributed by atoms with Crippen LogP contribution in [0, 0.1) is 0 Å². The number of hydrogen-bond acceptors (Lipinski definition) is 3. The number of alkyl halides is 3. The van der Waals surface area contributed by atoms with Gasteiger partial charge in [0.05, 0.1) is 11.9 Å². The minimum atomic E-state index is -1.66. The van der Waals surface area contributed by atoms with Crippen molar-refractivity contribution in [3.63, 3.8) is 0 Å². The van der Waals surface area contributed by atoms with Crippen LogP contribution in [0.15, 0.2) is 42.6 Å². The molecule has 1 N–H and O–H groups in total. The SMILES string of the molecule is O=C(OCC(Cl)(Cl)Cl)N(c1ccccc1)c1ccn[nH]1. The van der Waals surface area contributed by atoms with Gasteiger partial charge in [0.2, 0.25) is 3.79 Å². The van der Waals surface area contributed by atoms with Crippen molar-refractivity contribution in [1.82, 2.24) is 10.2 Å². The Morgan fingerprint density at radius 1 is 1.25 bits per heavy atom. The molecule has 5 nitrogen and oxygen atoms in total. The predicted octanol–water partition coefficient (Wildman–Crippen LogP) is 4.05. The molecule has 1 amide bonds. The van der Waals surface area contributed by atoms with Crippen LogP contribution < -0.4 is 4.90 Å². The summed E-state index contributed by atoms with van der Waals surface area (Å²) in [6, 6.07) is 10.5. The highest BCUT2D eigenvalue weighted by molar-refractivity contribution is 6.67. The highest BCUT2D eigenvalue weighted by atomic mass is 35.6. The van der Waals surface area contributed by atoms with Gasteiger partial charge in [0.1, 0.15) is 12.4 Å². The number of rotatable bonds is 3. The van der Waals surface area contributed by atoms with Crippen molar-refractivity contribution < 1.29 is 9.53 Å². The molecule has 0 bridgehead atoms. The van der Waals surface area contributed by atoms with Gasteiger partial charge >= 0.3 is 6.09 Å². The first-order valence-electron chi connectivity index (χ1n) is 5.55. The van der Waals surface area contributed by atoms with Crippen LogP contribution in [0.4, 0.5) is 16.3 Å². The van der Waals surface area contributed by atoms with E-state index in [1.54, 1.807) is 30.3 Å². The fourth-order valence-electron chi connectivity index (χ4n) is 1.50. The molecule has 0 aliphatic heterocycles. The number of nitrogens with one attached hydrogen (secondary N) is 1. The Morgan fingerprint density at radius 2 is 1.95 bits per heavy atom. The maximum absolute atomic E-state index is 12.2. The molecule has 0 unspecified atom stereocenters. The van der Waals surface area contributed by atoms with Gasteiger partial charge in [-0.2, -0.15) is 5.10 Å². The Bertz CT molecular complexity index is 555. The van der Waals surface area contributed by atoms with Gasteiger partial charge in [-0.1, -0.05) is 53.0 Å². The first-order chi connectivity index (χ1) is 9.47. The summed E-state index contributed by atoms with van der Waals surface area (Å²) >= 11 is 16.7. The lowest BCUT2D eigenvalue weighted by Crippen LogP contribution is -2.30. The largest absolute Gasteiger partial charge is 0.444 e. The Balaban J connectivity index is 2.22. The number of aromatic nitrogens is 2. The zero-order valence-electron chi connectivity index (χ0n) is 10.1. The smallest absolute Gasteiger partial charge is 0.420 e. The molecular formula is C12H10Cl3N3O2. The normalized spacial score (nSPS) is 11.2. The average molecular weight is 335 g/mol. The second-order valence-electron chi connectivity index (χ2n) is 3.78. The van der Waals surface area contributed by atoms with Crippen LogP contribution in [0.5, 0.6) is 0 Å². The van der Waals surface area contributed by atoms with E-state index in [9.17, 15) is 4.79 Å². The average Bonchev–Trinajstić information content (AvgIpc) is 2.91. The fourth-order valence-corrected chi connectivity index (χ4v) is 1.66. The monoisotopic (exact) mass is 333 g/mol. The minimum Gasteiger partial charge on any atom is -0.444 e. The molecule has 0 spiro atoms. The molecule has 0 aliphatic carbocycles. The highest BCUT2D eigenvalue weighted by Gasteiger charge is 2.26. The molecule has 0 saturated carbocycles. The molecule has 0 aliphatic rings. The van der Waals surface area contributed by atoms with Gasteiger partial charge in [-0.05, 0) is 12.1 Å². The Labute approximate surface area is 130 Å². The van der Waals surface area contributed by atoms with E-state index in [4.69, 9.17) is 39.5 Å². The molecule has 1 heterocycles. The summed E-state index contributed by atoms with van der Waals surface area (Å²) in [5.41, 5.74) is 0.603. The molecule has 8 heteroatoms. The summed E-state index contributed by atoms with van der Waals surface area (Å²) < 4.78 is 3.33. The first kappa shape index (κ1) is 15.0. The van der Waals surface area contributed by atoms with E-state index >= 15 is 0 Å². The van der Waals surface area contributed by atoms with Crippen molar-refractivity contribution in [2.45, 2.75) is 3.79 Å². The summed E-state index contributed by atoms with van der Waals surface area (Å²) in [6.45, 7) is -0.353. The number of H-pyrrole nitrogens is 1. The third kappa shape index (κ3) is 4.03. The number of ether oxygens (including phenoxy) is 1. The zero-order valence-corrected chi connectivity index (χ0v) is 12.4. The van der Waals surface area contributed by atoms with Crippen molar-refractivity contribution in [1.29, 1.82) is 0 Å². The van der Waals surface area contributed by atoms with Crippen LogP contribution in [0.1, 0.15) is 0 Å². The summed E-state index contributed by atoms with van der Waals surface area (Å²) in [7, 11) is 0. The second-order valence-corrected chi connectivity index (χ2v) is 6.30. The molecule has 1 aromatic carbocycles. The third-order valence-corrected chi connectivity index (χ3v) is 2.61. The number of nitrogens with zero attached hydrogens (tertiary/aromatic N) is 2. The standard InChI is InChI=1S/C12H10Cl3N3O2/c13-12(14,15)8-20-11(19)18(10-6-7-16-17-10)9-4-2-1-3-5-9/h1-7H,8H2,(H,16,17). The maximum atomic E-state index is 12.2. The molecule has 2 rings (SSSR count). The van der Waals surface area contributed by atoms with Crippen LogP contribution in [0.25, 0.3) is 0 Å². The van der Waals surface area contributed by atoms with E-state index in [0.29, 0.717) is 11.5 Å². The van der Waals surface area contributed by atoms with Gasteiger partial charge in [-0.25, -0.2) is 9.69 Å². The minimum absolute atomic E-state index is 0.353. The molecule has 106 valence electrons. The predicted molar refractivity (Wildman–Crippen MR) is 78.8 cm³/mol. The Hall–Kier alpha value is -1.43. The van der Waals surface area contributed by atoms with Crippen LogP contribution in [0.2, 0.25) is 0 Å². The first-order valence-corrected chi connectivity index (χ1v) is 6.69. The Kier molecular flexibility index (Phi) is 4.75. The van der Waals surface area contributed by atoms with Crippen molar-refractivity contribution in [3.05, 3.63) is 42.6 Å². The fraction of sp³-hybridized carbons (Fsp3) is 0.167. The number of halogens is 3. The van der Waals surface area contributed by atoms with E-state index in [1.807, 2.05) is 6.07 Å². The highest BCUT2D eigenvalue weighted by Crippen LogP contribution is 2.28. The summed E-state index contributed by atoms with van der Waals surface area (Å²) in [6.07, 6.45) is 0.847. The van der Waals surface area contributed by atoms with E-state index < -0.39 is 9.89 Å². The van der Waals surface area contributed by atoms with E-state index in [-0.39, 0.29) is 6.61 Å². The summed E-state index contributed by atoms with van der Waals surface area (Å²) in [4.78, 5) is 13.5. The molecule has 0 atom stereocenters. The van der Waals surface area contributed by atoms with Gasteiger partial charge < -0.3 is 4.74 Å². The van der Waals surface area contributed by atoms with Crippen LogP contribution in [-0.2, 0) is 4.74 Å². The number of para-hydroxylation sites is 1. The number of hydrogen-bond donors (Lipinski definition) is 1. The van der Waals surface area contributed by atoms with Crippen molar-refractivity contribution >= 4 is 52.4 Å². The number of benzene rings is 1. The summed E-state index contributed by atoms with van der Waals surface area (Å²) in [5.74, 6) is 0.450. The van der Waals surface area contributed by atoms with E-state index in [2.05, 4.69) is 10.2 Å². The number of anilines is 2. The second kappa shape index (κ2) is 6.35. The zero-order chi connectivity index (χ0) is 14.6. The summed E-state index contributed by atoms with van der Waals surface area (Å²) in [5, 5.41) is 6.50. The van der Waals surface area contributed by atoms with Gasteiger partial charge in [0, 0.05) is 6.07 Å². The van der Waals surface area contributed by atoms with Crippen molar-refractivity contribution in [3.8, 4) is 0 Å². The van der Waals surface area contributed by atoms with Crippen LogP contribution in [-0.4, -0.2) is 26.7 Å². The van der Waals surface area contributed by atoms with E-state index in [0.717, 1.165) is 0 Å². The maximum Gasteiger partial charge on any atom is 0.420 e. The Morgan fingerprint density at radius 3 is 2.50 bits per heavy atom. The topological polar surface area (TPSA) is 58.2 Å². The van der Waals surface area contributed by atoms with Crippen molar-refractivity contribution in [2.24, 2.45) is 0 Å². The molecule has 2 aromatic rings. The third-order valence-electron chi connectivity index (χ3n) is 2.28. The number of carbonyl (C=O) groups excluding carboxylic acids is 1. The van der Waals surface area contributed by atoms with Gasteiger partial charge in [-0.3, -0.25) is 5.10 Å². The van der Waals surface area contributed by atoms with Gasteiger partial charge in [0.15, 0.2) is 0 Å². The van der Waals surface area contributed by atoms with Gasteiger partial charge in [-0.15, -0.1) is 0 Å².